The molecule has 7 nitrogen and oxygen atoms in total. The van der Waals surface area contributed by atoms with Crippen molar-refractivity contribution in [2.75, 3.05) is 28.7 Å². The van der Waals surface area contributed by atoms with Gasteiger partial charge in [0.25, 0.3) is 0 Å². The number of rotatable bonds is 6. The van der Waals surface area contributed by atoms with E-state index in [0.717, 1.165) is 48.7 Å². The van der Waals surface area contributed by atoms with E-state index in [0.29, 0.717) is 22.9 Å². The second kappa shape index (κ2) is 9.96. The standard InChI is InChI=1S/C24H28ClN7/c1-16-11-13-32(14-12-16)24-29-22(27-21-10-6-7-17(2)18(21)3)28-23(30-24)31-26-15-19-8-4-5-9-20(19)25/h4-10,15-16H,11-14H2,1-3H3,(H2,27,28,29,30,31)/b26-15-. The number of aryl methyl sites for hydroxylation is 1. The van der Waals surface area contributed by atoms with E-state index < -0.39 is 0 Å². The average Bonchev–Trinajstić information content (AvgIpc) is 2.79. The molecule has 0 atom stereocenters. The van der Waals surface area contributed by atoms with E-state index in [-0.39, 0.29) is 0 Å². The van der Waals surface area contributed by atoms with E-state index in [9.17, 15) is 0 Å². The quantitative estimate of drug-likeness (QED) is 0.378. The largest absolute Gasteiger partial charge is 0.341 e. The summed E-state index contributed by atoms with van der Waals surface area (Å²) in [6, 6.07) is 13.7. The van der Waals surface area contributed by atoms with Gasteiger partial charge in [-0.2, -0.15) is 20.1 Å². The number of nitrogens with one attached hydrogen (secondary N) is 2. The zero-order valence-electron chi connectivity index (χ0n) is 18.6. The maximum atomic E-state index is 6.21. The van der Waals surface area contributed by atoms with Crippen LogP contribution in [-0.4, -0.2) is 34.3 Å². The molecule has 166 valence electrons. The fraction of sp³-hybridized carbons (Fsp3) is 0.333. The van der Waals surface area contributed by atoms with Crippen molar-refractivity contribution in [3.05, 3.63) is 64.2 Å². The summed E-state index contributed by atoms with van der Waals surface area (Å²) in [5.41, 5.74) is 7.09. The van der Waals surface area contributed by atoms with Crippen molar-refractivity contribution in [3.8, 4) is 0 Å². The normalized spacial score (nSPS) is 14.7. The van der Waals surface area contributed by atoms with Gasteiger partial charge in [-0.1, -0.05) is 48.9 Å². The van der Waals surface area contributed by atoms with Crippen molar-refractivity contribution >= 4 is 41.3 Å². The van der Waals surface area contributed by atoms with Crippen LogP contribution in [0.5, 0.6) is 0 Å². The van der Waals surface area contributed by atoms with Gasteiger partial charge in [0.15, 0.2) is 0 Å². The summed E-state index contributed by atoms with van der Waals surface area (Å²) in [7, 11) is 0. The third-order valence-electron chi connectivity index (χ3n) is 5.81. The van der Waals surface area contributed by atoms with Crippen molar-refractivity contribution in [2.24, 2.45) is 11.0 Å². The summed E-state index contributed by atoms with van der Waals surface area (Å²) in [5.74, 6) is 2.23. The molecular weight excluding hydrogens is 422 g/mol. The van der Waals surface area contributed by atoms with Crippen molar-refractivity contribution in [2.45, 2.75) is 33.6 Å². The Balaban J connectivity index is 1.61. The number of hydrazone groups is 1. The molecule has 1 aromatic heterocycles. The van der Waals surface area contributed by atoms with Crippen molar-refractivity contribution in [1.29, 1.82) is 0 Å². The number of hydrogen-bond donors (Lipinski definition) is 2. The van der Waals surface area contributed by atoms with Gasteiger partial charge in [-0.05, 0) is 55.9 Å². The van der Waals surface area contributed by atoms with Crippen LogP contribution in [0.4, 0.5) is 23.5 Å². The predicted octanol–water partition coefficient (Wildman–Crippen LogP) is 5.57. The summed E-state index contributed by atoms with van der Waals surface area (Å²) >= 11 is 6.21. The predicted molar refractivity (Wildman–Crippen MR) is 132 cm³/mol. The number of halogens is 1. The van der Waals surface area contributed by atoms with Crippen LogP contribution in [0, 0.1) is 19.8 Å². The van der Waals surface area contributed by atoms with Gasteiger partial charge >= 0.3 is 0 Å². The smallest absolute Gasteiger partial charge is 0.250 e. The highest BCUT2D eigenvalue weighted by molar-refractivity contribution is 6.33. The lowest BCUT2D eigenvalue weighted by Crippen LogP contribution is -2.34. The van der Waals surface area contributed by atoms with Gasteiger partial charge in [0, 0.05) is 29.4 Å². The molecule has 0 amide bonds. The molecule has 0 bridgehead atoms. The minimum atomic E-state index is 0.379. The highest BCUT2D eigenvalue weighted by Gasteiger charge is 2.20. The third kappa shape index (κ3) is 5.34. The van der Waals surface area contributed by atoms with Gasteiger partial charge < -0.3 is 10.2 Å². The Labute approximate surface area is 194 Å². The molecule has 0 radical (unpaired) electrons. The Hall–Kier alpha value is -3.19. The van der Waals surface area contributed by atoms with E-state index in [4.69, 9.17) is 16.6 Å². The topological polar surface area (TPSA) is 78.3 Å². The molecule has 0 unspecified atom stereocenters. The van der Waals surface area contributed by atoms with Gasteiger partial charge in [0.1, 0.15) is 0 Å². The first-order valence-electron chi connectivity index (χ1n) is 10.9. The lowest BCUT2D eigenvalue weighted by molar-refractivity contribution is 0.434. The molecule has 2 aromatic carbocycles. The molecule has 3 aromatic rings. The first-order valence-corrected chi connectivity index (χ1v) is 11.3. The lowest BCUT2D eigenvalue weighted by Gasteiger charge is -2.30. The summed E-state index contributed by atoms with van der Waals surface area (Å²) in [6.07, 6.45) is 3.91. The number of benzene rings is 2. The van der Waals surface area contributed by atoms with Crippen LogP contribution in [0.15, 0.2) is 47.6 Å². The molecule has 1 aliphatic heterocycles. The molecule has 1 fully saturated rings. The van der Waals surface area contributed by atoms with Crippen LogP contribution in [-0.2, 0) is 0 Å². The lowest BCUT2D eigenvalue weighted by atomic mass is 10.00. The van der Waals surface area contributed by atoms with Gasteiger partial charge in [-0.3, -0.25) is 0 Å². The molecule has 8 heteroatoms. The number of nitrogens with zero attached hydrogens (tertiary/aromatic N) is 5. The summed E-state index contributed by atoms with van der Waals surface area (Å²) in [5, 5.41) is 8.28. The average molecular weight is 450 g/mol. The molecule has 32 heavy (non-hydrogen) atoms. The number of aromatic nitrogens is 3. The Morgan fingerprint density at radius 1 is 1.00 bits per heavy atom. The molecule has 0 aliphatic carbocycles. The van der Waals surface area contributed by atoms with E-state index in [1.54, 1.807) is 6.21 Å². The Kier molecular flexibility index (Phi) is 6.85. The van der Waals surface area contributed by atoms with Crippen LogP contribution in [0.3, 0.4) is 0 Å². The van der Waals surface area contributed by atoms with E-state index in [1.807, 2.05) is 36.4 Å². The zero-order chi connectivity index (χ0) is 22.5. The SMILES string of the molecule is Cc1cccc(Nc2nc(N/N=C\c3ccccc3Cl)nc(N3CCC(C)CC3)n2)c1C. The molecule has 0 spiro atoms. The summed E-state index contributed by atoms with van der Waals surface area (Å²) < 4.78 is 0. The molecule has 1 saturated heterocycles. The van der Waals surface area contributed by atoms with Crippen molar-refractivity contribution in [3.63, 3.8) is 0 Å². The van der Waals surface area contributed by atoms with Gasteiger partial charge in [0.2, 0.25) is 17.8 Å². The number of hydrogen-bond acceptors (Lipinski definition) is 7. The van der Waals surface area contributed by atoms with E-state index in [2.05, 4.69) is 57.5 Å². The maximum Gasteiger partial charge on any atom is 0.250 e. The van der Waals surface area contributed by atoms with E-state index >= 15 is 0 Å². The van der Waals surface area contributed by atoms with Crippen LogP contribution < -0.4 is 15.6 Å². The van der Waals surface area contributed by atoms with Crippen LogP contribution in [0.25, 0.3) is 0 Å². The van der Waals surface area contributed by atoms with Crippen LogP contribution >= 0.6 is 11.6 Å². The van der Waals surface area contributed by atoms with Gasteiger partial charge in [-0.25, -0.2) is 5.43 Å². The fourth-order valence-electron chi connectivity index (χ4n) is 3.57. The molecule has 2 heterocycles. The molecular formula is C24H28ClN7. The highest BCUT2D eigenvalue weighted by Crippen LogP contribution is 2.25. The Morgan fingerprint density at radius 3 is 2.53 bits per heavy atom. The first-order chi connectivity index (χ1) is 15.5. The molecule has 2 N–H and O–H groups in total. The number of anilines is 4. The minimum absolute atomic E-state index is 0.379. The second-order valence-electron chi connectivity index (χ2n) is 8.22. The first kappa shape index (κ1) is 22.0. The minimum Gasteiger partial charge on any atom is -0.341 e. The fourth-order valence-corrected chi connectivity index (χ4v) is 3.75. The third-order valence-corrected chi connectivity index (χ3v) is 6.16. The highest BCUT2D eigenvalue weighted by atomic mass is 35.5. The van der Waals surface area contributed by atoms with Crippen molar-refractivity contribution < 1.29 is 0 Å². The Morgan fingerprint density at radius 2 is 1.75 bits per heavy atom. The van der Waals surface area contributed by atoms with Crippen LogP contribution in [0.1, 0.15) is 36.5 Å². The van der Waals surface area contributed by atoms with E-state index in [1.165, 1.54) is 5.56 Å². The van der Waals surface area contributed by atoms with Crippen molar-refractivity contribution in [1.82, 2.24) is 15.0 Å². The van der Waals surface area contributed by atoms with Gasteiger partial charge in [0.05, 0.1) is 6.21 Å². The number of piperidine rings is 1. The Bertz CT molecular complexity index is 1110. The summed E-state index contributed by atoms with van der Waals surface area (Å²) in [6.45, 7) is 8.31. The monoisotopic (exact) mass is 449 g/mol. The van der Waals surface area contributed by atoms with Crippen LogP contribution in [0.2, 0.25) is 5.02 Å². The van der Waals surface area contributed by atoms with Gasteiger partial charge in [-0.15, -0.1) is 0 Å². The summed E-state index contributed by atoms with van der Waals surface area (Å²) in [4.78, 5) is 16.1. The zero-order valence-corrected chi connectivity index (χ0v) is 19.4. The maximum absolute atomic E-state index is 6.21. The molecule has 0 saturated carbocycles. The molecule has 4 rings (SSSR count). The second-order valence-corrected chi connectivity index (χ2v) is 8.62. The molecule has 1 aliphatic rings.